The maximum Gasteiger partial charge on any atom is 0.339 e. The van der Waals surface area contributed by atoms with Crippen LogP contribution in [-0.4, -0.2) is 31.0 Å². The normalized spacial score (nSPS) is 12.7. The van der Waals surface area contributed by atoms with Crippen LogP contribution in [0.25, 0.3) is 21.8 Å². The minimum Gasteiger partial charge on any atom is -0.449 e. The van der Waals surface area contributed by atoms with Gasteiger partial charge < -0.3 is 14.6 Å². The first-order valence-corrected chi connectivity index (χ1v) is 12.3. The molecule has 10 heteroatoms. The molecule has 4 rings (SSSR count). The highest BCUT2D eigenvalue weighted by Crippen LogP contribution is 2.31. The molecule has 3 N–H and O–H groups in total. The molecule has 8 nitrogen and oxygen atoms in total. The number of nitrogens with one attached hydrogen (secondary N) is 1. The van der Waals surface area contributed by atoms with E-state index < -0.39 is 28.0 Å². The summed E-state index contributed by atoms with van der Waals surface area (Å²) in [7, 11) is -3.91. The number of esters is 1. The van der Waals surface area contributed by atoms with Crippen LogP contribution in [0.4, 0.5) is 5.69 Å². The number of sulfonamides is 1. The lowest BCUT2D eigenvalue weighted by molar-refractivity contribution is -0.123. The number of aromatic nitrogens is 1. The second-order valence-corrected chi connectivity index (χ2v) is 9.93. The summed E-state index contributed by atoms with van der Waals surface area (Å²) in [6.45, 7) is 4.34. The van der Waals surface area contributed by atoms with Crippen LogP contribution in [0, 0.1) is 0 Å². The zero-order chi connectivity index (χ0) is 23.0. The van der Waals surface area contributed by atoms with E-state index >= 15 is 0 Å². The molecule has 4 aromatic rings. The second-order valence-electron chi connectivity index (χ2n) is 7.23. The highest BCUT2D eigenvalue weighted by Gasteiger charge is 2.22. The summed E-state index contributed by atoms with van der Waals surface area (Å²) in [5, 5.41) is 11.3. The molecule has 0 bridgehead atoms. The van der Waals surface area contributed by atoms with Gasteiger partial charge in [-0.15, -0.1) is 11.3 Å². The fraction of sp³-hybridized carbons (Fsp3) is 0.182. The van der Waals surface area contributed by atoms with Gasteiger partial charge in [0.15, 0.2) is 6.10 Å². The number of anilines is 1. The summed E-state index contributed by atoms with van der Waals surface area (Å²) in [5.74, 6) is -1.31. The largest absolute Gasteiger partial charge is 0.449 e. The molecule has 2 aromatic carbocycles. The molecule has 0 aliphatic rings. The van der Waals surface area contributed by atoms with Gasteiger partial charge in [0.05, 0.1) is 5.56 Å². The number of para-hydroxylation sites is 1. The molecule has 0 radical (unpaired) electrons. The predicted molar refractivity (Wildman–Crippen MR) is 124 cm³/mol. The molecule has 0 saturated heterocycles. The smallest absolute Gasteiger partial charge is 0.339 e. The van der Waals surface area contributed by atoms with Crippen LogP contribution >= 0.6 is 11.3 Å². The van der Waals surface area contributed by atoms with E-state index in [-0.39, 0.29) is 9.77 Å². The lowest BCUT2D eigenvalue weighted by Gasteiger charge is -2.13. The molecular weight excluding hydrogens is 450 g/mol. The van der Waals surface area contributed by atoms with E-state index in [1.54, 1.807) is 6.07 Å². The number of carbonyl (C=O) groups excluding carboxylic acids is 2. The average molecular weight is 472 g/mol. The summed E-state index contributed by atoms with van der Waals surface area (Å²) >= 11 is 0.812. The summed E-state index contributed by atoms with van der Waals surface area (Å²) in [5.41, 5.74) is 2.78. The van der Waals surface area contributed by atoms with Crippen molar-refractivity contribution in [3.8, 4) is 0 Å². The number of hydrogen-bond acceptors (Lipinski definition) is 6. The SMILES string of the molecule is CCn1c2ccccc2c2cc(NC(=O)C(C)OC(=O)c3csc(S(N)(=O)=O)c3)ccc21. The highest BCUT2D eigenvalue weighted by atomic mass is 32.2. The Bertz CT molecular complexity index is 1450. The molecular formula is C22H21N3O5S2. The van der Waals surface area contributed by atoms with E-state index in [4.69, 9.17) is 9.88 Å². The van der Waals surface area contributed by atoms with Crippen LogP contribution in [0.3, 0.4) is 0 Å². The van der Waals surface area contributed by atoms with E-state index in [0.717, 1.165) is 45.8 Å². The van der Waals surface area contributed by atoms with Crippen molar-refractivity contribution in [3.05, 3.63) is 59.5 Å². The van der Waals surface area contributed by atoms with Crippen molar-refractivity contribution < 1.29 is 22.7 Å². The number of benzene rings is 2. The number of rotatable bonds is 6. The molecule has 32 heavy (non-hydrogen) atoms. The first-order valence-electron chi connectivity index (χ1n) is 9.83. The van der Waals surface area contributed by atoms with Gasteiger partial charge in [-0.3, -0.25) is 4.79 Å². The topological polar surface area (TPSA) is 120 Å². The number of nitrogens with two attached hydrogens (primary N) is 1. The Hall–Kier alpha value is -3.21. The molecule has 0 aliphatic carbocycles. The van der Waals surface area contributed by atoms with E-state index in [2.05, 4.69) is 22.9 Å². The summed E-state index contributed by atoms with van der Waals surface area (Å²) in [6, 6.07) is 14.8. The van der Waals surface area contributed by atoms with Crippen LogP contribution in [0.5, 0.6) is 0 Å². The van der Waals surface area contributed by atoms with E-state index in [9.17, 15) is 18.0 Å². The molecule has 0 saturated carbocycles. The maximum atomic E-state index is 12.6. The number of fused-ring (bicyclic) bond motifs is 3. The third-order valence-electron chi connectivity index (χ3n) is 5.10. The van der Waals surface area contributed by atoms with Crippen molar-refractivity contribution in [1.82, 2.24) is 4.57 Å². The number of aryl methyl sites for hydroxylation is 1. The Morgan fingerprint density at radius 3 is 2.53 bits per heavy atom. The molecule has 0 aliphatic heterocycles. The summed E-state index contributed by atoms with van der Waals surface area (Å²) < 4.78 is 30.0. The Kier molecular flexibility index (Phi) is 5.76. The van der Waals surface area contributed by atoms with Crippen molar-refractivity contribution in [1.29, 1.82) is 0 Å². The van der Waals surface area contributed by atoms with E-state index in [1.165, 1.54) is 12.3 Å². The summed E-state index contributed by atoms with van der Waals surface area (Å²) in [6.07, 6.45) is -1.09. The van der Waals surface area contributed by atoms with Crippen LogP contribution in [0.15, 0.2) is 58.1 Å². The zero-order valence-corrected chi connectivity index (χ0v) is 19.0. The van der Waals surface area contributed by atoms with Gasteiger partial charge in [-0.05, 0) is 44.2 Å². The quantitative estimate of drug-likeness (QED) is 0.415. The number of thiophene rings is 1. The van der Waals surface area contributed by atoms with Crippen molar-refractivity contribution in [2.24, 2.45) is 5.14 Å². The first kappa shape index (κ1) is 22.0. The standard InChI is InChI=1S/C22H21N3O5S2/c1-3-25-18-7-5-4-6-16(18)17-11-15(8-9-19(17)25)24-21(26)13(2)30-22(27)14-10-20(31-12-14)32(23,28)29/h4-13H,3H2,1-2H3,(H,24,26)(H2,23,28,29). The first-order chi connectivity index (χ1) is 15.2. The molecule has 1 amide bonds. The highest BCUT2D eigenvalue weighted by molar-refractivity contribution is 7.91. The molecule has 0 spiro atoms. The maximum absolute atomic E-state index is 12.6. The van der Waals surface area contributed by atoms with Crippen molar-refractivity contribution in [2.75, 3.05) is 5.32 Å². The van der Waals surface area contributed by atoms with Gasteiger partial charge in [-0.1, -0.05) is 18.2 Å². The minimum absolute atomic E-state index is 0.0208. The average Bonchev–Trinajstić information content (AvgIpc) is 3.37. The van der Waals surface area contributed by atoms with Crippen molar-refractivity contribution in [3.63, 3.8) is 0 Å². The number of hydrogen-bond donors (Lipinski definition) is 2. The zero-order valence-electron chi connectivity index (χ0n) is 17.4. The predicted octanol–water partition coefficient (Wildman–Crippen LogP) is 3.71. The Morgan fingerprint density at radius 1 is 1.12 bits per heavy atom. The van der Waals surface area contributed by atoms with Gasteiger partial charge in [0.2, 0.25) is 10.0 Å². The monoisotopic (exact) mass is 471 g/mol. The molecule has 0 fully saturated rings. The number of amides is 1. The number of ether oxygens (including phenoxy) is 1. The third-order valence-corrected chi connectivity index (χ3v) is 7.49. The van der Waals surface area contributed by atoms with Gasteiger partial charge in [0, 0.05) is 39.4 Å². The Labute approximate surface area is 188 Å². The van der Waals surface area contributed by atoms with Crippen LogP contribution in [-0.2, 0) is 26.1 Å². The lowest BCUT2D eigenvalue weighted by atomic mass is 10.1. The van der Waals surface area contributed by atoms with E-state index in [0.29, 0.717) is 5.69 Å². The number of nitrogens with zero attached hydrogens (tertiary/aromatic N) is 1. The lowest BCUT2D eigenvalue weighted by Crippen LogP contribution is -2.29. The van der Waals surface area contributed by atoms with Crippen LogP contribution in [0.1, 0.15) is 24.2 Å². The third kappa shape index (κ3) is 4.12. The molecule has 2 heterocycles. The minimum atomic E-state index is -3.91. The summed E-state index contributed by atoms with van der Waals surface area (Å²) in [4.78, 5) is 24.9. The Morgan fingerprint density at radius 2 is 1.84 bits per heavy atom. The van der Waals surface area contributed by atoms with Crippen molar-refractivity contribution in [2.45, 2.75) is 30.7 Å². The van der Waals surface area contributed by atoms with Crippen molar-refractivity contribution >= 4 is 60.7 Å². The molecule has 2 aromatic heterocycles. The molecule has 166 valence electrons. The fourth-order valence-electron chi connectivity index (χ4n) is 3.57. The van der Waals surface area contributed by atoms with Gasteiger partial charge in [-0.2, -0.15) is 0 Å². The van der Waals surface area contributed by atoms with Gasteiger partial charge in [-0.25, -0.2) is 18.4 Å². The fourth-order valence-corrected chi connectivity index (χ4v) is 5.15. The molecule has 1 atom stereocenters. The second kappa shape index (κ2) is 8.38. The number of carbonyl (C=O) groups is 2. The molecule has 1 unspecified atom stereocenters. The number of primary sulfonamides is 1. The van der Waals surface area contributed by atoms with Gasteiger partial charge in [0.1, 0.15) is 4.21 Å². The van der Waals surface area contributed by atoms with Gasteiger partial charge in [0.25, 0.3) is 5.91 Å². The van der Waals surface area contributed by atoms with E-state index in [1.807, 2.05) is 30.3 Å². The van der Waals surface area contributed by atoms with Crippen LogP contribution < -0.4 is 10.5 Å². The Balaban J connectivity index is 1.51. The van der Waals surface area contributed by atoms with Gasteiger partial charge >= 0.3 is 5.97 Å². The van der Waals surface area contributed by atoms with Crippen LogP contribution in [0.2, 0.25) is 0 Å².